The first-order valence-corrected chi connectivity index (χ1v) is 11.6. The van der Waals surface area contributed by atoms with Gasteiger partial charge in [-0.1, -0.05) is 6.92 Å². The second-order valence-electron chi connectivity index (χ2n) is 7.32. The van der Waals surface area contributed by atoms with Crippen LogP contribution in [0, 0.1) is 0 Å². The first kappa shape index (κ1) is 25.3. The van der Waals surface area contributed by atoms with Crippen molar-refractivity contribution >= 4 is 47.2 Å². The molecule has 2 aliphatic rings. The van der Waals surface area contributed by atoms with E-state index < -0.39 is 0 Å². The lowest BCUT2D eigenvalue weighted by atomic mass is 10.3. The van der Waals surface area contributed by atoms with E-state index >= 15 is 0 Å². The van der Waals surface area contributed by atoms with E-state index in [4.69, 9.17) is 9.73 Å². The van der Waals surface area contributed by atoms with E-state index in [2.05, 4.69) is 33.9 Å². The maximum Gasteiger partial charge on any atom is 0.236 e. The average Bonchev–Trinajstić information content (AvgIpc) is 3.22. The number of halogens is 1. The lowest BCUT2D eigenvalue weighted by molar-refractivity contribution is -0.136. The first-order valence-electron chi connectivity index (χ1n) is 10.7. The van der Waals surface area contributed by atoms with Gasteiger partial charge in [-0.05, 0) is 13.3 Å². The van der Waals surface area contributed by atoms with E-state index in [0.29, 0.717) is 19.8 Å². The molecule has 0 saturated carbocycles. The molecule has 0 bridgehead atoms. The molecule has 1 amide bonds. The number of aromatic nitrogens is 1. The number of ether oxygens (including phenoxy) is 1. The molecule has 0 radical (unpaired) electrons. The van der Waals surface area contributed by atoms with Gasteiger partial charge in [-0.3, -0.25) is 14.7 Å². The molecule has 3 rings (SSSR count). The lowest BCUT2D eigenvalue weighted by Crippen LogP contribution is -2.55. The van der Waals surface area contributed by atoms with Gasteiger partial charge >= 0.3 is 0 Å². The van der Waals surface area contributed by atoms with Gasteiger partial charge in [0.05, 0.1) is 24.8 Å². The Morgan fingerprint density at radius 2 is 1.90 bits per heavy atom. The summed E-state index contributed by atoms with van der Waals surface area (Å²) in [6.07, 6.45) is 3.90. The molecule has 2 aliphatic heterocycles. The van der Waals surface area contributed by atoms with Gasteiger partial charge in [-0.25, -0.2) is 4.98 Å². The van der Waals surface area contributed by atoms with Gasteiger partial charge in [0.1, 0.15) is 0 Å². The summed E-state index contributed by atoms with van der Waals surface area (Å²) in [6.45, 7) is 12.6. The Morgan fingerprint density at radius 3 is 2.53 bits per heavy atom. The first-order chi connectivity index (χ1) is 14.2. The molecule has 30 heavy (non-hydrogen) atoms. The molecule has 0 unspecified atom stereocenters. The van der Waals surface area contributed by atoms with Crippen molar-refractivity contribution in [2.24, 2.45) is 4.99 Å². The minimum atomic E-state index is 0. The van der Waals surface area contributed by atoms with Crippen molar-refractivity contribution in [3.8, 4) is 0 Å². The summed E-state index contributed by atoms with van der Waals surface area (Å²) in [4.78, 5) is 29.6. The van der Waals surface area contributed by atoms with Gasteiger partial charge in [0, 0.05) is 69.9 Å². The molecule has 3 heterocycles. The van der Waals surface area contributed by atoms with E-state index in [1.54, 1.807) is 11.3 Å². The highest BCUT2D eigenvalue weighted by Gasteiger charge is 2.24. The number of rotatable bonds is 7. The summed E-state index contributed by atoms with van der Waals surface area (Å²) < 4.78 is 5.33. The third-order valence-corrected chi connectivity index (χ3v) is 6.47. The van der Waals surface area contributed by atoms with Crippen molar-refractivity contribution in [1.82, 2.24) is 25.0 Å². The summed E-state index contributed by atoms with van der Waals surface area (Å²) in [5.41, 5.74) is 0. The van der Waals surface area contributed by atoms with Gasteiger partial charge in [-0.15, -0.1) is 35.3 Å². The molecule has 0 aliphatic carbocycles. The number of amides is 1. The molecule has 1 aromatic rings. The van der Waals surface area contributed by atoms with Crippen molar-refractivity contribution in [3.05, 3.63) is 16.1 Å². The Balaban J connectivity index is 0.00000320. The number of aliphatic imine (C=N–C) groups is 1. The standard InChI is InChI=1S/C20H34N6O2S.HI/c1-3-17-15-23-18(29-17)5-6-22-20(21-4-2)26-9-7-24(8-10-26)16-19(27)25-11-13-28-14-12-25;/h15H,3-14,16H2,1-2H3,(H,21,22);1H. The number of thiazole rings is 1. The van der Waals surface area contributed by atoms with Crippen LogP contribution in [-0.4, -0.2) is 104 Å². The zero-order valence-electron chi connectivity index (χ0n) is 18.1. The number of nitrogens with one attached hydrogen (secondary N) is 1. The largest absolute Gasteiger partial charge is 0.378 e. The van der Waals surface area contributed by atoms with E-state index in [0.717, 1.165) is 76.2 Å². The van der Waals surface area contributed by atoms with Crippen LogP contribution in [0.3, 0.4) is 0 Å². The Bertz CT molecular complexity index is 672. The molecule has 10 heteroatoms. The Hall–Kier alpha value is -0.980. The van der Waals surface area contributed by atoms with Crippen molar-refractivity contribution in [3.63, 3.8) is 0 Å². The second kappa shape index (κ2) is 13.4. The lowest BCUT2D eigenvalue weighted by Gasteiger charge is -2.37. The fraction of sp³-hybridized carbons (Fsp3) is 0.750. The zero-order valence-corrected chi connectivity index (χ0v) is 21.3. The van der Waals surface area contributed by atoms with E-state index in [-0.39, 0.29) is 29.9 Å². The van der Waals surface area contributed by atoms with Crippen LogP contribution in [0.4, 0.5) is 0 Å². The fourth-order valence-electron chi connectivity index (χ4n) is 3.53. The molecule has 8 nitrogen and oxygen atoms in total. The van der Waals surface area contributed by atoms with Crippen LogP contribution in [0.15, 0.2) is 11.2 Å². The molecule has 1 aromatic heterocycles. The minimum Gasteiger partial charge on any atom is -0.378 e. The second-order valence-corrected chi connectivity index (χ2v) is 8.52. The molecule has 0 spiro atoms. The van der Waals surface area contributed by atoms with Gasteiger partial charge < -0.3 is 19.9 Å². The number of piperazine rings is 1. The average molecular weight is 551 g/mol. The van der Waals surface area contributed by atoms with Gasteiger partial charge in [0.25, 0.3) is 0 Å². The third-order valence-electron chi connectivity index (χ3n) is 5.27. The number of guanidine groups is 1. The minimum absolute atomic E-state index is 0. The molecular weight excluding hydrogens is 515 g/mol. The van der Waals surface area contributed by atoms with Crippen molar-refractivity contribution in [1.29, 1.82) is 0 Å². The monoisotopic (exact) mass is 550 g/mol. The molecule has 2 fully saturated rings. The number of carbonyl (C=O) groups excluding carboxylic acids is 1. The molecule has 0 atom stereocenters. The van der Waals surface area contributed by atoms with Gasteiger partial charge in [-0.2, -0.15) is 0 Å². The predicted octanol–water partition coefficient (Wildman–Crippen LogP) is 1.31. The maximum absolute atomic E-state index is 12.5. The number of carbonyl (C=O) groups is 1. The highest BCUT2D eigenvalue weighted by molar-refractivity contribution is 14.0. The quantitative estimate of drug-likeness (QED) is 0.314. The predicted molar refractivity (Wildman–Crippen MR) is 132 cm³/mol. The fourth-order valence-corrected chi connectivity index (χ4v) is 4.38. The summed E-state index contributed by atoms with van der Waals surface area (Å²) in [5.74, 6) is 1.19. The summed E-state index contributed by atoms with van der Waals surface area (Å²) in [6, 6.07) is 0. The number of nitrogens with zero attached hydrogens (tertiary/aromatic N) is 5. The summed E-state index contributed by atoms with van der Waals surface area (Å²) in [7, 11) is 0. The van der Waals surface area contributed by atoms with Crippen LogP contribution in [0.2, 0.25) is 0 Å². The molecular formula is C20H35IN6O2S. The smallest absolute Gasteiger partial charge is 0.236 e. The maximum atomic E-state index is 12.5. The normalized spacial score (nSPS) is 18.3. The van der Waals surface area contributed by atoms with E-state index in [9.17, 15) is 4.79 Å². The zero-order chi connectivity index (χ0) is 20.5. The summed E-state index contributed by atoms with van der Waals surface area (Å²) >= 11 is 1.79. The Labute approximate surface area is 201 Å². The van der Waals surface area contributed by atoms with Crippen LogP contribution in [0.5, 0.6) is 0 Å². The van der Waals surface area contributed by atoms with Gasteiger partial charge in [0.2, 0.25) is 5.91 Å². The SMILES string of the molecule is CCNC(=NCCc1ncc(CC)s1)N1CCN(CC(=O)N2CCOCC2)CC1.I. The van der Waals surface area contributed by atoms with Crippen LogP contribution in [-0.2, 0) is 22.4 Å². The van der Waals surface area contributed by atoms with Crippen molar-refractivity contribution in [2.45, 2.75) is 26.7 Å². The Morgan fingerprint density at radius 1 is 1.17 bits per heavy atom. The van der Waals surface area contributed by atoms with E-state index in [1.165, 1.54) is 4.88 Å². The molecule has 1 N–H and O–H groups in total. The topological polar surface area (TPSA) is 73.3 Å². The number of hydrogen-bond donors (Lipinski definition) is 1. The highest BCUT2D eigenvalue weighted by atomic mass is 127. The van der Waals surface area contributed by atoms with Crippen LogP contribution in [0.1, 0.15) is 23.7 Å². The summed E-state index contributed by atoms with van der Waals surface area (Å²) in [5, 5.41) is 4.57. The third kappa shape index (κ3) is 7.61. The van der Waals surface area contributed by atoms with Gasteiger partial charge in [0.15, 0.2) is 5.96 Å². The number of morpholine rings is 1. The van der Waals surface area contributed by atoms with Crippen LogP contribution in [0.25, 0.3) is 0 Å². The highest BCUT2D eigenvalue weighted by Crippen LogP contribution is 2.14. The number of hydrogen-bond acceptors (Lipinski definition) is 6. The Kier molecular flexibility index (Phi) is 11.3. The molecule has 2 saturated heterocycles. The van der Waals surface area contributed by atoms with Crippen LogP contribution >= 0.6 is 35.3 Å². The molecule has 0 aromatic carbocycles. The van der Waals surface area contributed by atoms with Crippen molar-refractivity contribution in [2.75, 3.05) is 72.1 Å². The van der Waals surface area contributed by atoms with Crippen molar-refractivity contribution < 1.29 is 9.53 Å². The number of aryl methyl sites for hydroxylation is 1. The van der Waals surface area contributed by atoms with E-state index in [1.807, 2.05) is 11.1 Å². The molecule has 170 valence electrons. The van der Waals surface area contributed by atoms with Crippen LogP contribution < -0.4 is 5.32 Å².